The van der Waals surface area contributed by atoms with E-state index in [9.17, 15) is 0 Å². The summed E-state index contributed by atoms with van der Waals surface area (Å²) in [6, 6.07) is 9.24. The van der Waals surface area contributed by atoms with Crippen LogP contribution in [-0.2, 0) is 4.74 Å². The molecule has 0 aromatic heterocycles. The molecule has 2 atom stereocenters. The number of nitrogens with one attached hydrogen (secondary N) is 1. The van der Waals surface area contributed by atoms with Crippen molar-refractivity contribution in [1.82, 2.24) is 5.32 Å². The van der Waals surface area contributed by atoms with Gasteiger partial charge in [0.05, 0.1) is 6.61 Å². The van der Waals surface area contributed by atoms with Gasteiger partial charge in [0.25, 0.3) is 0 Å². The lowest BCUT2D eigenvalue weighted by molar-refractivity contribution is 0.0371. The van der Waals surface area contributed by atoms with Crippen LogP contribution in [-0.4, -0.2) is 39.9 Å². The minimum atomic E-state index is 0.564. The Balaban J connectivity index is 1.99. The largest absolute Gasteiger partial charge is 0.381 e. The molecule has 3 heteroatoms. The minimum Gasteiger partial charge on any atom is -0.381 e. The number of rotatable bonds is 4. The third-order valence-electron chi connectivity index (χ3n) is 3.80. The third-order valence-corrected chi connectivity index (χ3v) is 3.80. The van der Waals surface area contributed by atoms with Crippen molar-refractivity contribution in [3.63, 3.8) is 0 Å². The second kappa shape index (κ2) is 6.21. The molecule has 1 saturated heterocycles. The summed E-state index contributed by atoms with van der Waals surface area (Å²) >= 11 is 0. The molecule has 3 nitrogen and oxygen atoms in total. The van der Waals surface area contributed by atoms with E-state index in [4.69, 9.17) is 4.74 Å². The Hall–Kier alpha value is -1.06. The van der Waals surface area contributed by atoms with Crippen molar-refractivity contribution in [2.45, 2.75) is 19.4 Å². The lowest BCUT2D eigenvalue weighted by Gasteiger charge is -2.34. The first-order valence-electron chi connectivity index (χ1n) is 6.73. The molecule has 0 radical (unpaired) electrons. The molecule has 0 amide bonds. The molecule has 1 heterocycles. The summed E-state index contributed by atoms with van der Waals surface area (Å²) in [4.78, 5) is 2.33. The number of aryl methyl sites for hydroxylation is 1. The summed E-state index contributed by atoms with van der Waals surface area (Å²) in [6.07, 6.45) is 1.11. The van der Waals surface area contributed by atoms with Gasteiger partial charge in [0.2, 0.25) is 0 Å². The molecule has 1 aliphatic rings. The number of hydrogen-bond donors (Lipinski definition) is 1. The van der Waals surface area contributed by atoms with Crippen LogP contribution in [0.1, 0.15) is 12.0 Å². The van der Waals surface area contributed by atoms with E-state index in [1.54, 1.807) is 0 Å². The molecule has 1 N–H and O–H groups in total. The molecule has 0 spiro atoms. The maximum atomic E-state index is 5.61. The summed E-state index contributed by atoms with van der Waals surface area (Å²) in [5.41, 5.74) is 2.60. The Bertz CT molecular complexity index is 381. The quantitative estimate of drug-likeness (QED) is 0.882. The topological polar surface area (TPSA) is 24.5 Å². The fraction of sp³-hybridized carbons (Fsp3) is 0.600. The Morgan fingerprint density at radius 1 is 1.44 bits per heavy atom. The summed E-state index contributed by atoms with van der Waals surface area (Å²) < 4.78 is 5.61. The fourth-order valence-electron chi connectivity index (χ4n) is 2.68. The third kappa shape index (κ3) is 3.24. The van der Waals surface area contributed by atoms with Gasteiger partial charge in [-0.25, -0.2) is 0 Å². The molecule has 1 fully saturated rings. The first-order valence-corrected chi connectivity index (χ1v) is 6.73. The van der Waals surface area contributed by atoms with Crippen molar-refractivity contribution in [3.8, 4) is 0 Å². The van der Waals surface area contributed by atoms with Gasteiger partial charge in [-0.15, -0.1) is 0 Å². The predicted octanol–water partition coefficient (Wildman–Crippen LogP) is 2.06. The van der Waals surface area contributed by atoms with E-state index < -0.39 is 0 Å². The smallest absolute Gasteiger partial charge is 0.0526 e. The van der Waals surface area contributed by atoms with Crippen LogP contribution in [0.15, 0.2) is 24.3 Å². The molecular weight excluding hydrogens is 224 g/mol. The van der Waals surface area contributed by atoms with Gasteiger partial charge in [-0.2, -0.15) is 0 Å². The average molecular weight is 248 g/mol. The van der Waals surface area contributed by atoms with E-state index in [1.165, 1.54) is 11.3 Å². The van der Waals surface area contributed by atoms with Crippen LogP contribution in [0.5, 0.6) is 0 Å². The molecule has 1 aromatic rings. The van der Waals surface area contributed by atoms with Gasteiger partial charge in [-0.05, 0) is 38.1 Å². The van der Waals surface area contributed by atoms with E-state index in [2.05, 4.69) is 55.5 Å². The molecule has 1 aliphatic heterocycles. The zero-order valence-corrected chi connectivity index (χ0v) is 11.6. The lowest BCUT2D eigenvalue weighted by atomic mass is 9.95. The summed E-state index contributed by atoms with van der Waals surface area (Å²) in [6.45, 7) is 4.92. The van der Waals surface area contributed by atoms with Gasteiger partial charge in [0.1, 0.15) is 0 Å². The average Bonchev–Trinajstić information content (AvgIpc) is 2.39. The van der Waals surface area contributed by atoms with E-state index in [-0.39, 0.29) is 0 Å². The van der Waals surface area contributed by atoms with E-state index >= 15 is 0 Å². The Labute approximate surface area is 110 Å². The maximum Gasteiger partial charge on any atom is 0.0526 e. The highest BCUT2D eigenvalue weighted by Crippen LogP contribution is 2.20. The SMILES string of the molecule is CNC1CCOCC1CN(C)c1cccc(C)c1. The monoisotopic (exact) mass is 248 g/mol. The molecule has 18 heavy (non-hydrogen) atoms. The highest BCUT2D eigenvalue weighted by Gasteiger charge is 2.25. The number of benzene rings is 1. The lowest BCUT2D eigenvalue weighted by Crippen LogP contribution is -2.46. The van der Waals surface area contributed by atoms with Gasteiger partial charge in [0.15, 0.2) is 0 Å². The Kier molecular flexibility index (Phi) is 4.61. The van der Waals surface area contributed by atoms with Crippen molar-refractivity contribution in [3.05, 3.63) is 29.8 Å². The molecule has 1 aromatic carbocycles. The fourth-order valence-corrected chi connectivity index (χ4v) is 2.68. The van der Waals surface area contributed by atoms with Gasteiger partial charge in [0, 0.05) is 37.8 Å². The van der Waals surface area contributed by atoms with Crippen LogP contribution in [0.4, 0.5) is 5.69 Å². The van der Waals surface area contributed by atoms with Crippen molar-refractivity contribution in [2.75, 3.05) is 38.8 Å². The molecule has 0 bridgehead atoms. The van der Waals surface area contributed by atoms with Gasteiger partial charge < -0.3 is 15.0 Å². The first kappa shape index (κ1) is 13.4. The number of hydrogen-bond acceptors (Lipinski definition) is 3. The molecular formula is C15H24N2O. The van der Waals surface area contributed by atoms with Crippen molar-refractivity contribution < 1.29 is 4.74 Å². The predicted molar refractivity (Wildman–Crippen MR) is 76.2 cm³/mol. The highest BCUT2D eigenvalue weighted by atomic mass is 16.5. The van der Waals surface area contributed by atoms with Crippen LogP contribution in [0.25, 0.3) is 0 Å². The second-order valence-corrected chi connectivity index (χ2v) is 5.24. The van der Waals surface area contributed by atoms with Gasteiger partial charge in [-0.1, -0.05) is 12.1 Å². The first-order chi connectivity index (χ1) is 8.70. The van der Waals surface area contributed by atoms with E-state index in [1.807, 2.05) is 0 Å². The number of ether oxygens (including phenoxy) is 1. The van der Waals surface area contributed by atoms with E-state index in [0.717, 1.165) is 26.2 Å². The Morgan fingerprint density at radius 2 is 2.28 bits per heavy atom. The molecule has 2 unspecified atom stereocenters. The van der Waals surface area contributed by atoms with Gasteiger partial charge >= 0.3 is 0 Å². The zero-order chi connectivity index (χ0) is 13.0. The van der Waals surface area contributed by atoms with Crippen LogP contribution >= 0.6 is 0 Å². The van der Waals surface area contributed by atoms with Crippen molar-refractivity contribution >= 4 is 5.69 Å². The Morgan fingerprint density at radius 3 is 3.00 bits per heavy atom. The summed E-state index contributed by atoms with van der Waals surface area (Å²) in [5, 5.41) is 3.42. The minimum absolute atomic E-state index is 0.564. The number of anilines is 1. The molecule has 0 saturated carbocycles. The van der Waals surface area contributed by atoms with Crippen molar-refractivity contribution in [1.29, 1.82) is 0 Å². The standard InChI is InChI=1S/C15H24N2O/c1-12-5-4-6-14(9-12)17(3)10-13-11-18-8-7-15(13)16-2/h4-6,9,13,15-16H,7-8,10-11H2,1-3H3. The van der Waals surface area contributed by atoms with Crippen LogP contribution in [0.2, 0.25) is 0 Å². The van der Waals surface area contributed by atoms with E-state index in [0.29, 0.717) is 12.0 Å². The van der Waals surface area contributed by atoms with Crippen LogP contribution < -0.4 is 10.2 Å². The second-order valence-electron chi connectivity index (χ2n) is 5.24. The summed E-state index contributed by atoms with van der Waals surface area (Å²) in [7, 11) is 4.21. The zero-order valence-electron chi connectivity index (χ0n) is 11.6. The summed E-state index contributed by atoms with van der Waals surface area (Å²) in [5.74, 6) is 0.564. The van der Waals surface area contributed by atoms with Crippen LogP contribution in [0.3, 0.4) is 0 Å². The van der Waals surface area contributed by atoms with Crippen LogP contribution in [0, 0.1) is 12.8 Å². The number of nitrogens with zero attached hydrogens (tertiary/aromatic N) is 1. The van der Waals surface area contributed by atoms with Crippen molar-refractivity contribution in [2.24, 2.45) is 5.92 Å². The molecule has 100 valence electrons. The molecule has 2 rings (SSSR count). The molecule has 0 aliphatic carbocycles. The van der Waals surface area contributed by atoms with Gasteiger partial charge in [-0.3, -0.25) is 0 Å². The maximum absolute atomic E-state index is 5.61. The normalized spacial score (nSPS) is 23.9. The highest BCUT2D eigenvalue weighted by molar-refractivity contribution is 5.47.